The molecule has 0 bridgehead atoms. The highest BCUT2D eigenvalue weighted by Gasteiger charge is 2.38. The van der Waals surface area contributed by atoms with E-state index in [9.17, 15) is 9.18 Å². The summed E-state index contributed by atoms with van der Waals surface area (Å²) in [4.78, 5) is 13.9. The SMILES string of the molecule is CC(C)CSC[C@H](C)N[C@@H]1CC(=O)N(C)[C@@H]1c1ccc(F)cc1. The predicted molar refractivity (Wildman–Crippen MR) is 95.1 cm³/mol. The minimum absolute atomic E-state index is 0.0272. The highest BCUT2D eigenvalue weighted by Crippen LogP contribution is 2.32. The van der Waals surface area contributed by atoms with Crippen LogP contribution in [-0.4, -0.2) is 41.4 Å². The molecule has 1 aliphatic rings. The van der Waals surface area contributed by atoms with E-state index in [1.54, 1.807) is 17.0 Å². The van der Waals surface area contributed by atoms with Crippen LogP contribution in [0.4, 0.5) is 4.39 Å². The second-order valence-electron chi connectivity index (χ2n) is 6.81. The number of amides is 1. The van der Waals surface area contributed by atoms with Gasteiger partial charge in [0, 0.05) is 31.3 Å². The molecule has 1 N–H and O–H groups in total. The number of benzene rings is 1. The Balaban J connectivity index is 2.01. The maximum absolute atomic E-state index is 13.2. The Morgan fingerprint density at radius 1 is 1.26 bits per heavy atom. The van der Waals surface area contributed by atoms with Gasteiger partial charge in [0.1, 0.15) is 5.82 Å². The lowest BCUT2D eigenvalue weighted by molar-refractivity contribution is -0.127. The summed E-state index contributed by atoms with van der Waals surface area (Å²) in [5, 5.41) is 3.60. The molecule has 5 heteroatoms. The van der Waals surface area contributed by atoms with Gasteiger partial charge >= 0.3 is 0 Å². The second kappa shape index (κ2) is 8.15. The zero-order chi connectivity index (χ0) is 17.0. The average molecular weight is 338 g/mol. The third-order valence-corrected chi connectivity index (χ3v) is 5.75. The molecule has 0 aliphatic carbocycles. The summed E-state index contributed by atoms with van der Waals surface area (Å²) in [7, 11) is 1.83. The number of halogens is 1. The molecule has 3 atom stereocenters. The van der Waals surface area contributed by atoms with E-state index in [1.165, 1.54) is 12.1 Å². The van der Waals surface area contributed by atoms with Crippen molar-refractivity contribution in [3.63, 3.8) is 0 Å². The van der Waals surface area contributed by atoms with Gasteiger partial charge in [0.25, 0.3) is 0 Å². The number of nitrogens with zero attached hydrogens (tertiary/aromatic N) is 1. The van der Waals surface area contributed by atoms with Crippen molar-refractivity contribution in [2.24, 2.45) is 5.92 Å². The van der Waals surface area contributed by atoms with Crippen LogP contribution in [0, 0.1) is 11.7 Å². The fraction of sp³-hybridized carbons (Fsp3) is 0.611. The molecule has 1 heterocycles. The van der Waals surface area contributed by atoms with Crippen molar-refractivity contribution in [3.05, 3.63) is 35.6 Å². The third-order valence-electron chi connectivity index (χ3n) is 4.12. The quantitative estimate of drug-likeness (QED) is 0.826. The predicted octanol–water partition coefficient (Wildman–Crippen LogP) is 3.46. The van der Waals surface area contributed by atoms with Gasteiger partial charge in [0.05, 0.1) is 6.04 Å². The van der Waals surface area contributed by atoms with Crippen LogP contribution in [0.3, 0.4) is 0 Å². The summed E-state index contributed by atoms with van der Waals surface area (Å²) in [6.45, 7) is 6.61. The number of hydrogen-bond donors (Lipinski definition) is 1. The largest absolute Gasteiger partial charge is 0.337 e. The van der Waals surface area contributed by atoms with Crippen molar-refractivity contribution < 1.29 is 9.18 Å². The number of rotatable bonds is 7. The number of hydrogen-bond acceptors (Lipinski definition) is 3. The van der Waals surface area contributed by atoms with Gasteiger partial charge in [-0.15, -0.1) is 0 Å². The van der Waals surface area contributed by atoms with Crippen LogP contribution < -0.4 is 5.32 Å². The van der Waals surface area contributed by atoms with Crippen molar-refractivity contribution in [2.75, 3.05) is 18.6 Å². The third kappa shape index (κ3) is 4.95. The molecule has 1 aliphatic heterocycles. The molecular weight excluding hydrogens is 311 g/mol. The Labute approximate surface area is 143 Å². The first-order valence-electron chi connectivity index (χ1n) is 8.23. The molecule has 1 amide bonds. The number of carbonyl (C=O) groups is 1. The standard InChI is InChI=1S/C18H27FN2OS/c1-12(2)10-23-11-13(3)20-16-9-17(22)21(4)18(16)14-5-7-15(19)8-6-14/h5-8,12-13,16,18,20H,9-11H2,1-4H3/t13-,16+,18+/m0/s1. The van der Waals surface area contributed by atoms with Gasteiger partial charge in [-0.3, -0.25) is 4.79 Å². The van der Waals surface area contributed by atoms with Gasteiger partial charge in [-0.25, -0.2) is 4.39 Å². The zero-order valence-corrected chi connectivity index (χ0v) is 15.2. The minimum atomic E-state index is -0.247. The van der Waals surface area contributed by atoms with E-state index in [-0.39, 0.29) is 23.8 Å². The fourth-order valence-corrected chi connectivity index (χ4v) is 4.09. The summed E-state index contributed by atoms with van der Waals surface area (Å²) < 4.78 is 13.2. The van der Waals surface area contributed by atoms with Gasteiger partial charge in [0.15, 0.2) is 0 Å². The number of thioether (sulfide) groups is 1. The number of likely N-dealkylation sites (tertiary alicyclic amines) is 1. The molecule has 1 fully saturated rings. The van der Waals surface area contributed by atoms with E-state index in [0.717, 1.165) is 17.1 Å². The molecule has 128 valence electrons. The molecule has 1 saturated heterocycles. The van der Waals surface area contributed by atoms with E-state index in [1.807, 2.05) is 18.8 Å². The Hall–Kier alpha value is -1.07. The van der Waals surface area contributed by atoms with Crippen molar-refractivity contribution in [3.8, 4) is 0 Å². The molecule has 1 aromatic carbocycles. The van der Waals surface area contributed by atoms with Crippen LogP contribution in [0.5, 0.6) is 0 Å². The van der Waals surface area contributed by atoms with Gasteiger partial charge < -0.3 is 10.2 Å². The van der Waals surface area contributed by atoms with Crippen molar-refractivity contribution in [1.29, 1.82) is 0 Å². The minimum Gasteiger partial charge on any atom is -0.337 e. The smallest absolute Gasteiger partial charge is 0.224 e. The highest BCUT2D eigenvalue weighted by atomic mass is 32.2. The Kier molecular flexibility index (Phi) is 6.48. The Bertz CT molecular complexity index is 520. The van der Waals surface area contributed by atoms with Crippen LogP contribution in [0.1, 0.15) is 38.8 Å². The van der Waals surface area contributed by atoms with Crippen molar-refractivity contribution in [2.45, 2.75) is 45.3 Å². The molecule has 0 radical (unpaired) electrons. The maximum atomic E-state index is 13.2. The van der Waals surface area contributed by atoms with E-state index in [0.29, 0.717) is 18.4 Å². The molecule has 23 heavy (non-hydrogen) atoms. The summed E-state index contributed by atoms with van der Waals surface area (Å²) in [5.41, 5.74) is 0.985. The second-order valence-corrected chi connectivity index (χ2v) is 7.89. The summed E-state index contributed by atoms with van der Waals surface area (Å²) in [6, 6.07) is 6.87. The molecular formula is C18H27FN2OS. The van der Waals surface area contributed by atoms with Crippen LogP contribution in [0.2, 0.25) is 0 Å². The number of likely N-dealkylation sites (N-methyl/N-ethyl adjacent to an activating group) is 1. The maximum Gasteiger partial charge on any atom is 0.224 e. The highest BCUT2D eigenvalue weighted by molar-refractivity contribution is 7.99. The molecule has 0 unspecified atom stereocenters. The lowest BCUT2D eigenvalue weighted by atomic mass is 9.99. The lowest BCUT2D eigenvalue weighted by Crippen LogP contribution is -2.41. The van der Waals surface area contributed by atoms with E-state index in [2.05, 4.69) is 26.1 Å². The number of nitrogens with one attached hydrogen (secondary N) is 1. The lowest BCUT2D eigenvalue weighted by Gasteiger charge is -2.28. The zero-order valence-electron chi connectivity index (χ0n) is 14.4. The van der Waals surface area contributed by atoms with Crippen LogP contribution >= 0.6 is 11.8 Å². The van der Waals surface area contributed by atoms with Gasteiger partial charge in [0.2, 0.25) is 5.91 Å². The van der Waals surface area contributed by atoms with Crippen molar-refractivity contribution >= 4 is 17.7 Å². The van der Waals surface area contributed by atoms with Crippen LogP contribution in [0.25, 0.3) is 0 Å². The van der Waals surface area contributed by atoms with E-state index < -0.39 is 0 Å². The number of carbonyl (C=O) groups excluding carboxylic acids is 1. The van der Waals surface area contributed by atoms with Gasteiger partial charge in [-0.05, 0) is 36.3 Å². The molecule has 2 rings (SSSR count). The van der Waals surface area contributed by atoms with Crippen LogP contribution in [-0.2, 0) is 4.79 Å². The summed E-state index contributed by atoms with van der Waals surface area (Å²) in [6.07, 6.45) is 0.498. The van der Waals surface area contributed by atoms with Crippen molar-refractivity contribution in [1.82, 2.24) is 10.2 Å². The average Bonchev–Trinajstić information content (AvgIpc) is 2.74. The summed E-state index contributed by atoms with van der Waals surface area (Å²) >= 11 is 1.94. The molecule has 0 aromatic heterocycles. The molecule has 0 spiro atoms. The van der Waals surface area contributed by atoms with Gasteiger partial charge in [-0.1, -0.05) is 26.0 Å². The summed E-state index contributed by atoms with van der Waals surface area (Å²) in [5.74, 6) is 2.76. The first-order chi connectivity index (χ1) is 10.9. The first-order valence-corrected chi connectivity index (χ1v) is 9.39. The molecule has 3 nitrogen and oxygen atoms in total. The van der Waals surface area contributed by atoms with Crippen LogP contribution in [0.15, 0.2) is 24.3 Å². The normalized spacial score (nSPS) is 22.9. The Morgan fingerprint density at radius 3 is 2.52 bits per heavy atom. The fourth-order valence-electron chi connectivity index (χ4n) is 3.03. The van der Waals surface area contributed by atoms with E-state index >= 15 is 0 Å². The monoisotopic (exact) mass is 338 g/mol. The Morgan fingerprint density at radius 2 is 1.91 bits per heavy atom. The molecule has 0 saturated carbocycles. The van der Waals surface area contributed by atoms with E-state index in [4.69, 9.17) is 0 Å². The topological polar surface area (TPSA) is 32.3 Å². The van der Waals surface area contributed by atoms with Gasteiger partial charge in [-0.2, -0.15) is 11.8 Å². The first kappa shape index (κ1) is 18.3. The molecule has 1 aromatic rings.